The minimum Gasteiger partial charge on any atom is -0.353 e. The number of aromatic nitrogens is 1. The summed E-state index contributed by atoms with van der Waals surface area (Å²) in [4.78, 5) is 19.7. The van der Waals surface area contributed by atoms with Crippen LogP contribution in [0.4, 0.5) is 11.5 Å². The Kier molecular flexibility index (Phi) is 7.17. The fourth-order valence-electron chi connectivity index (χ4n) is 3.42. The van der Waals surface area contributed by atoms with E-state index in [0.717, 1.165) is 38.2 Å². The number of anilines is 2. The number of sulfonamides is 1. The van der Waals surface area contributed by atoms with E-state index < -0.39 is 10.0 Å². The van der Waals surface area contributed by atoms with E-state index in [-0.39, 0.29) is 22.5 Å². The van der Waals surface area contributed by atoms with Crippen molar-refractivity contribution < 1.29 is 13.2 Å². The van der Waals surface area contributed by atoms with Gasteiger partial charge < -0.3 is 15.5 Å². The molecule has 31 heavy (non-hydrogen) atoms. The molecule has 168 valence electrons. The van der Waals surface area contributed by atoms with Crippen molar-refractivity contribution in [1.82, 2.24) is 15.6 Å². The number of carbonyl (C=O) groups is 1. The summed E-state index contributed by atoms with van der Waals surface area (Å²) in [6, 6.07) is 6.86. The summed E-state index contributed by atoms with van der Waals surface area (Å²) in [7, 11) is -3.82. The van der Waals surface area contributed by atoms with Gasteiger partial charge in [-0.2, -0.15) is 0 Å². The lowest BCUT2D eigenvalue weighted by atomic mass is 10.1. The molecule has 3 rings (SSSR count). The summed E-state index contributed by atoms with van der Waals surface area (Å²) in [5, 5.41) is 6.25. The van der Waals surface area contributed by atoms with Crippen molar-refractivity contribution in [3.63, 3.8) is 0 Å². The van der Waals surface area contributed by atoms with Crippen LogP contribution in [0.5, 0.6) is 0 Å². The predicted molar refractivity (Wildman–Crippen MR) is 123 cm³/mol. The number of hydrogen-bond donors (Lipinski definition) is 3. The van der Waals surface area contributed by atoms with Crippen LogP contribution in [-0.4, -0.2) is 51.5 Å². The molecule has 1 aliphatic heterocycles. The third-order valence-electron chi connectivity index (χ3n) is 5.40. The van der Waals surface area contributed by atoms with E-state index in [1.807, 2.05) is 31.7 Å². The van der Waals surface area contributed by atoms with E-state index in [1.54, 1.807) is 25.1 Å². The molecule has 0 radical (unpaired) electrons. The molecule has 1 aromatic heterocycles. The fraction of sp³-hybridized carbons (Fsp3) is 0.455. The van der Waals surface area contributed by atoms with Gasteiger partial charge in [0.15, 0.2) is 0 Å². The third-order valence-corrected chi connectivity index (χ3v) is 6.93. The first-order chi connectivity index (χ1) is 14.7. The van der Waals surface area contributed by atoms with Crippen molar-refractivity contribution in [2.24, 2.45) is 0 Å². The smallest absolute Gasteiger partial charge is 0.262 e. The summed E-state index contributed by atoms with van der Waals surface area (Å²) < 4.78 is 28.6. The van der Waals surface area contributed by atoms with Crippen LogP contribution in [0.25, 0.3) is 0 Å². The normalized spacial score (nSPS) is 15.4. The van der Waals surface area contributed by atoms with Gasteiger partial charge in [-0.15, -0.1) is 0 Å². The summed E-state index contributed by atoms with van der Waals surface area (Å²) in [6.45, 7) is 10.6. The first kappa shape index (κ1) is 23.0. The van der Waals surface area contributed by atoms with Crippen molar-refractivity contribution in [3.05, 3.63) is 47.2 Å². The lowest BCUT2D eigenvalue weighted by molar-refractivity contribution is 0.0939. The standard InChI is InChI=1S/C22H31N5O3S/c1-5-17(4)25-22(28)19-13-18(14-24-21(19)27-10-8-23-9-11-27)26-31(29,30)20-12-15(2)6-7-16(20)3/h6-7,12-14,17,23,26H,5,8-11H2,1-4H3,(H,25,28)/t17-/m1/s1. The number of carbonyl (C=O) groups excluding carboxylic acids is 1. The second kappa shape index (κ2) is 9.65. The van der Waals surface area contributed by atoms with Crippen molar-refractivity contribution in [2.45, 2.75) is 45.1 Å². The zero-order valence-corrected chi connectivity index (χ0v) is 19.3. The minimum atomic E-state index is -3.82. The Balaban J connectivity index is 1.96. The molecule has 1 amide bonds. The SMILES string of the molecule is CC[C@@H](C)NC(=O)c1cc(NS(=O)(=O)c2cc(C)ccc2C)cnc1N1CCNCC1. The maximum absolute atomic E-state index is 13.0. The Morgan fingerprint density at radius 3 is 2.61 bits per heavy atom. The van der Waals surface area contributed by atoms with Gasteiger partial charge in [0.2, 0.25) is 0 Å². The van der Waals surface area contributed by atoms with Crippen LogP contribution in [0.15, 0.2) is 35.4 Å². The van der Waals surface area contributed by atoms with Crippen molar-refractivity contribution >= 4 is 27.4 Å². The number of aryl methyl sites for hydroxylation is 2. The summed E-state index contributed by atoms with van der Waals surface area (Å²) in [5.41, 5.74) is 2.13. The first-order valence-corrected chi connectivity index (χ1v) is 12.1. The van der Waals surface area contributed by atoms with Gasteiger partial charge in [-0.3, -0.25) is 9.52 Å². The predicted octanol–water partition coefficient (Wildman–Crippen LogP) is 2.44. The van der Waals surface area contributed by atoms with Crippen molar-refractivity contribution in [3.8, 4) is 0 Å². The highest BCUT2D eigenvalue weighted by Gasteiger charge is 2.23. The highest BCUT2D eigenvalue weighted by Crippen LogP contribution is 2.25. The fourth-order valence-corrected chi connectivity index (χ4v) is 4.78. The number of piperazine rings is 1. The zero-order chi connectivity index (χ0) is 22.6. The average Bonchev–Trinajstić information content (AvgIpc) is 2.75. The molecule has 0 saturated carbocycles. The van der Waals surface area contributed by atoms with Crippen LogP contribution in [0, 0.1) is 13.8 Å². The number of nitrogens with zero attached hydrogens (tertiary/aromatic N) is 2. The van der Waals surface area contributed by atoms with Crippen LogP contribution < -0.4 is 20.3 Å². The molecule has 0 bridgehead atoms. The second-order valence-electron chi connectivity index (χ2n) is 7.99. The highest BCUT2D eigenvalue weighted by atomic mass is 32.2. The van der Waals surface area contributed by atoms with Crippen LogP contribution in [0.2, 0.25) is 0 Å². The average molecular weight is 446 g/mol. The molecule has 1 fully saturated rings. The van der Waals surface area contributed by atoms with Crippen LogP contribution >= 0.6 is 0 Å². The number of nitrogens with one attached hydrogen (secondary N) is 3. The molecule has 1 aromatic carbocycles. The second-order valence-corrected chi connectivity index (χ2v) is 9.64. The van der Waals surface area contributed by atoms with Crippen molar-refractivity contribution in [1.29, 1.82) is 0 Å². The van der Waals surface area contributed by atoms with Crippen LogP contribution in [0.1, 0.15) is 41.8 Å². The van der Waals surface area contributed by atoms with E-state index in [2.05, 4.69) is 20.3 Å². The van der Waals surface area contributed by atoms with Crippen LogP contribution in [0.3, 0.4) is 0 Å². The van der Waals surface area contributed by atoms with E-state index in [1.165, 1.54) is 6.20 Å². The topological polar surface area (TPSA) is 103 Å². The number of hydrogen-bond acceptors (Lipinski definition) is 6. The minimum absolute atomic E-state index is 0.00124. The van der Waals surface area contributed by atoms with Crippen molar-refractivity contribution in [2.75, 3.05) is 35.8 Å². The molecule has 1 saturated heterocycles. The van der Waals surface area contributed by atoms with Gasteiger partial charge in [-0.1, -0.05) is 19.1 Å². The Labute approximate surface area is 184 Å². The Bertz CT molecular complexity index is 1050. The molecule has 0 spiro atoms. The number of rotatable bonds is 7. The van der Waals surface area contributed by atoms with Gasteiger partial charge >= 0.3 is 0 Å². The Morgan fingerprint density at radius 2 is 1.94 bits per heavy atom. The summed E-state index contributed by atoms with van der Waals surface area (Å²) in [5.74, 6) is 0.306. The van der Waals surface area contributed by atoms with Gasteiger partial charge in [0.1, 0.15) is 5.82 Å². The Hall–Kier alpha value is -2.65. The molecule has 3 N–H and O–H groups in total. The molecule has 2 heterocycles. The first-order valence-electron chi connectivity index (χ1n) is 10.6. The lowest BCUT2D eigenvalue weighted by Gasteiger charge is -2.30. The number of benzene rings is 1. The molecular formula is C22H31N5O3S. The molecule has 8 nitrogen and oxygen atoms in total. The molecule has 0 aliphatic carbocycles. The maximum atomic E-state index is 13.0. The van der Waals surface area contributed by atoms with E-state index in [9.17, 15) is 13.2 Å². The highest BCUT2D eigenvalue weighted by molar-refractivity contribution is 7.92. The van der Waals surface area contributed by atoms with Gasteiger partial charge in [0, 0.05) is 32.2 Å². The lowest BCUT2D eigenvalue weighted by Crippen LogP contribution is -2.45. The quantitative estimate of drug-likeness (QED) is 0.605. The number of pyridine rings is 1. The molecule has 1 atom stereocenters. The van der Waals surface area contributed by atoms with Gasteiger partial charge in [0.05, 0.1) is 22.3 Å². The molecule has 2 aromatic rings. The number of amides is 1. The van der Waals surface area contributed by atoms with E-state index in [4.69, 9.17) is 0 Å². The van der Waals surface area contributed by atoms with Gasteiger partial charge in [-0.05, 0) is 50.5 Å². The van der Waals surface area contributed by atoms with Gasteiger partial charge in [-0.25, -0.2) is 13.4 Å². The van der Waals surface area contributed by atoms with Crippen LogP contribution in [-0.2, 0) is 10.0 Å². The molecule has 1 aliphatic rings. The van der Waals surface area contributed by atoms with Gasteiger partial charge in [0.25, 0.3) is 15.9 Å². The molecular weight excluding hydrogens is 414 g/mol. The zero-order valence-electron chi connectivity index (χ0n) is 18.5. The maximum Gasteiger partial charge on any atom is 0.262 e. The molecule has 9 heteroatoms. The largest absolute Gasteiger partial charge is 0.353 e. The Morgan fingerprint density at radius 1 is 1.23 bits per heavy atom. The van der Waals surface area contributed by atoms with E-state index >= 15 is 0 Å². The van der Waals surface area contributed by atoms with E-state index in [0.29, 0.717) is 16.9 Å². The summed E-state index contributed by atoms with van der Waals surface area (Å²) in [6.07, 6.45) is 2.27. The summed E-state index contributed by atoms with van der Waals surface area (Å²) >= 11 is 0. The monoisotopic (exact) mass is 445 g/mol. The molecule has 0 unspecified atom stereocenters. The third kappa shape index (κ3) is 5.54.